The van der Waals surface area contributed by atoms with E-state index >= 15 is 0 Å². The van der Waals surface area contributed by atoms with Gasteiger partial charge in [0.1, 0.15) is 5.82 Å². The molecule has 0 bridgehead atoms. The summed E-state index contributed by atoms with van der Waals surface area (Å²) in [4.78, 5) is 0. The summed E-state index contributed by atoms with van der Waals surface area (Å²) in [5.74, 6) is -1.13. The van der Waals surface area contributed by atoms with Gasteiger partial charge in [-0.05, 0) is 18.6 Å². The molecular formula is C11H14F4Si. The molecule has 0 fully saturated rings. The van der Waals surface area contributed by atoms with Crippen molar-refractivity contribution in [2.75, 3.05) is 0 Å². The molecule has 0 unspecified atom stereocenters. The van der Waals surface area contributed by atoms with Crippen molar-refractivity contribution in [3.05, 3.63) is 29.1 Å². The van der Waals surface area contributed by atoms with Gasteiger partial charge in [0.05, 0.1) is 13.6 Å². The van der Waals surface area contributed by atoms with Crippen LogP contribution in [0.25, 0.3) is 0 Å². The molecule has 1 aromatic carbocycles. The van der Waals surface area contributed by atoms with Crippen molar-refractivity contribution >= 4 is 13.3 Å². The van der Waals surface area contributed by atoms with Gasteiger partial charge in [0.2, 0.25) is 0 Å². The Morgan fingerprint density at radius 2 is 1.56 bits per heavy atom. The Labute approximate surface area is 93.3 Å². The molecule has 0 radical (unpaired) electrons. The highest BCUT2D eigenvalue weighted by atomic mass is 28.3. The van der Waals surface area contributed by atoms with E-state index in [-0.39, 0.29) is 5.56 Å². The summed E-state index contributed by atoms with van der Waals surface area (Å²) in [5.41, 5.74) is -1.04. The minimum atomic E-state index is -4.62. The van der Waals surface area contributed by atoms with Crippen LogP contribution in [0.1, 0.15) is 11.1 Å². The quantitative estimate of drug-likeness (QED) is 0.526. The van der Waals surface area contributed by atoms with Crippen molar-refractivity contribution < 1.29 is 17.6 Å². The Kier molecular flexibility index (Phi) is 3.20. The molecule has 0 aromatic heterocycles. The van der Waals surface area contributed by atoms with Gasteiger partial charge in [-0.3, -0.25) is 0 Å². The molecule has 90 valence electrons. The SMILES string of the molecule is Cc1c([Si](C)(C)C)ccc(C(F)(F)F)c1F. The fraction of sp³-hybridized carbons (Fsp3) is 0.455. The Hall–Kier alpha value is -0.843. The lowest BCUT2D eigenvalue weighted by Crippen LogP contribution is -2.40. The summed E-state index contributed by atoms with van der Waals surface area (Å²) in [6.45, 7) is 7.34. The maximum atomic E-state index is 13.6. The second-order valence-corrected chi connectivity index (χ2v) is 9.89. The molecule has 0 aliphatic rings. The topological polar surface area (TPSA) is 0 Å². The number of hydrogen-bond donors (Lipinski definition) is 0. The van der Waals surface area contributed by atoms with Gasteiger partial charge < -0.3 is 0 Å². The molecule has 0 amide bonds. The molecule has 5 heteroatoms. The Balaban J connectivity index is 3.41. The predicted molar refractivity (Wildman–Crippen MR) is 59.1 cm³/mol. The largest absolute Gasteiger partial charge is 0.419 e. The van der Waals surface area contributed by atoms with Crippen LogP contribution in [-0.4, -0.2) is 8.07 Å². The number of halogens is 4. The van der Waals surface area contributed by atoms with Crippen molar-refractivity contribution in [3.63, 3.8) is 0 Å². The van der Waals surface area contributed by atoms with Gasteiger partial charge >= 0.3 is 6.18 Å². The standard InChI is InChI=1S/C11H14F4Si/c1-7-9(16(2,3)4)6-5-8(10(7)12)11(13,14)15/h5-6H,1-4H3. The van der Waals surface area contributed by atoms with Crippen LogP contribution < -0.4 is 5.19 Å². The fourth-order valence-corrected chi connectivity index (χ4v) is 3.53. The zero-order valence-corrected chi connectivity index (χ0v) is 10.7. The predicted octanol–water partition coefficient (Wildman–Crippen LogP) is 3.70. The van der Waals surface area contributed by atoms with Crippen LogP contribution in [0.3, 0.4) is 0 Å². The molecule has 0 heterocycles. The molecule has 0 atom stereocenters. The first-order valence-electron chi connectivity index (χ1n) is 4.92. The van der Waals surface area contributed by atoms with Crippen LogP contribution >= 0.6 is 0 Å². The second kappa shape index (κ2) is 3.87. The third-order valence-corrected chi connectivity index (χ3v) is 4.66. The fourth-order valence-electron chi connectivity index (χ4n) is 1.72. The number of hydrogen-bond acceptors (Lipinski definition) is 0. The van der Waals surface area contributed by atoms with Crippen LogP contribution in [0.5, 0.6) is 0 Å². The lowest BCUT2D eigenvalue weighted by Gasteiger charge is -2.21. The minimum Gasteiger partial charge on any atom is -0.206 e. The summed E-state index contributed by atoms with van der Waals surface area (Å²) < 4.78 is 50.9. The molecule has 0 nitrogen and oxygen atoms in total. The smallest absolute Gasteiger partial charge is 0.206 e. The van der Waals surface area contributed by atoms with Crippen LogP contribution in [0.4, 0.5) is 17.6 Å². The van der Waals surface area contributed by atoms with Crippen LogP contribution in [-0.2, 0) is 6.18 Å². The second-order valence-electron chi connectivity index (χ2n) is 4.85. The van der Waals surface area contributed by atoms with Crippen molar-refractivity contribution in [3.8, 4) is 0 Å². The summed E-state index contributed by atoms with van der Waals surface area (Å²) in [5, 5.41) is 0.734. The Morgan fingerprint density at radius 3 is 1.94 bits per heavy atom. The van der Waals surface area contributed by atoms with Crippen molar-refractivity contribution in [2.24, 2.45) is 0 Å². The lowest BCUT2D eigenvalue weighted by atomic mass is 10.1. The first-order valence-corrected chi connectivity index (χ1v) is 8.42. The van der Waals surface area contributed by atoms with Crippen molar-refractivity contribution in [1.29, 1.82) is 0 Å². The average molecular weight is 250 g/mol. The van der Waals surface area contributed by atoms with E-state index in [2.05, 4.69) is 0 Å². The van der Waals surface area contributed by atoms with Crippen molar-refractivity contribution in [2.45, 2.75) is 32.7 Å². The van der Waals surface area contributed by atoms with Gasteiger partial charge in [-0.2, -0.15) is 13.2 Å². The zero-order valence-electron chi connectivity index (χ0n) is 9.67. The number of rotatable bonds is 1. The monoisotopic (exact) mass is 250 g/mol. The first kappa shape index (κ1) is 13.2. The third kappa shape index (κ3) is 2.45. The van der Waals surface area contributed by atoms with E-state index in [9.17, 15) is 17.6 Å². The molecule has 0 aliphatic carbocycles. The third-order valence-electron chi connectivity index (χ3n) is 2.50. The van der Waals surface area contributed by atoms with E-state index in [4.69, 9.17) is 0 Å². The molecule has 1 aromatic rings. The Morgan fingerprint density at radius 1 is 1.06 bits per heavy atom. The number of benzene rings is 1. The zero-order chi connectivity index (χ0) is 12.7. The molecule has 1 rings (SSSR count). The van der Waals surface area contributed by atoms with Gasteiger partial charge in [0.15, 0.2) is 0 Å². The Bertz CT molecular complexity index is 363. The normalized spacial score (nSPS) is 13.0. The van der Waals surface area contributed by atoms with Gasteiger partial charge in [-0.1, -0.05) is 30.9 Å². The lowest BCUT2D eigenvalue weighted by molar-refractivity contribution is -0.140. The summed E-state index contributed by atoms with van der Waals surface area (Å²) >= 11 is 0. The highest BCUT2D eigenvalue weighted by Gasteiger charge is 2.36. The minimum absolute atomic E-state index is 0.133. The molecule has 0 aliphatic heterocycles. The van der Waals surface area contributed by atoms with Gasteiger partial charge in [0.25, 0.3) is 0 Å². The maximum absolute atomic E-state index is 13.6. The number of alkyl halides is 3. The van der Waals surface area contributed by atoms with Gasteiger partial charge in [0, 0.05) is 0 Å². The summed E-state index contributed by atoms with van der Waals surface area (Å²) in [7, 11) is -1.80. The van der Waals surface area contributed by atoms with E-state index < -0.39 is 25.6 Å². The summed E-state index contributed by atoms with van der Waals surface area (Å²) in [6.07, 6.45) is -4.62. The molecule has 0 N–H and O–H groups in total. The first-order chi connectivity index (χ1) is 7.05. The van der Waals surface area contributed by atoms with E-state index in [1.165, 1.54) is 13.0 Å². The van der Waals surface area contributed by atoms with Crippen LogP contribution in [0, 0.1) is 12.7 Å². The van der Waals surface area contributed by atoms with E-state index in [1.807, 2.05) is 19.6 Å². The van der Waals surface area contributed by atoms with E-state index in [0.29, 0.717) is 0 Å². The highest BCUT2D eigenvalue weighted by Crippen LogP contribution is 2.32. The molecule has 0 saturated carbocycles. The van der Waals surface area contributed by atoms with Crippen molar-refractivity contribution in [1.82, 2.24) is 0 Å². The van der Waals surface area contributed by atoms with E-state index in [1.54, 1.807) is 0 Å². The molecule has 16 heavy (non-hydrogen) atoms. The van der Waals surface area contributed by atoms with Crippen LogP contribution in [0.15, 0.2) is 12.1 Å². The highest BCUT2D eigenvalue weighted by molar-refractivity contribution is 6.89. The summed E-state index contributed by atoms with van der Waals surface area (Å²) in [6, 6.07) is 2.25. The van der Waals surface area contributed by atoms with Gasteiger partial charge in [-0.25, -0.2) is 4.39 Å². The van der Waals surface area contributed by atoms with Gasteiger partial charge in [-0.15, -0.1) is 0 Å². The average Bonchev–Trinajstić information content (AvgIpc) is 2.05. The molecular weight excluding hydrogens is 236 g/mol. The molecule has 0 spiro atoms. The van der Waals surface area contributed by atoms with E-state index in [0.717, 1.165) is 11.3 Å². The maximum Gasteiger partial charge on any atom is 0.419 e. The van der Waals surface area contributed by atoms with Crippen LogP contribution in [0.2, 0.25) is 19.6 Å². The molecule has 0 saturated heterocycles.